The maximum atomic E-state index is 12.0. The van der Waals surface area contributed by atoms with Crippen molar-refractivity contribution < 1.29 is 14.7 Å². The smallest absolute Gasteiger partial charge is 0.307 e. The van der Waals surface area contributed by atoms with Crippen LogP contribution >= 0.6 is 0 Å². The van der Waals surface area contributed by atoms with Crippen LogP contribution in [-0.2, 0) is 11.2 Å². The number of aryl methyl sites for hydroxylation is 1. The molecule has 2 aromatic rings. The number of anilines is 1. The lowest BCUT2D eigenvalue weighted by Gasteiger charge is -2.06. The molecule has 0 heterocycles. The number of hydrogen-bond donors (Lipinski definition) is 2. The molecular weight excluding hydrogens is 254 g/mol. The first-order valence-electron chi connectivity index (χ1n) is 6.23. The quantitative estimate of drug-likeness (QED) is 0.896. The summed E-state index contributed by atoms with van der Waals surface area (Å²) >= 11 is 0. The summed E-state index contributed by atoms with van der Waals surface area (Å²) in [5.74, 6) is -1.06. The third-order valence-electron chi connectivity index (χ3n) is 2.88. The average molecular weight is 269 g/mol. The summed E-state index contributed by atoms with van der Waals surface area (Å²) < 4.78 is 0. The van der Waals surface area contributed by atoms with Crippen molar-refractivity contribution in [3.63, 3.8) is 0 Å². The first-order chi connectivity index (χ1) is 9.54. The standard InChI is InChI=1S/C16H15NO3/c1-11-2-6-13(7-3-11)16(20)17-14-8-4-12(5-9-14)10-15(18)19/h2-9H,10H2,1H3,(H,17,20)(H,18,19). The summed E-state index contributed by atoms with van der Waals surface area (Å²) in [7, 11) is 0. The highest BCUT2D eigenvalue weighted by Gasteiger charge is 2.06. The zero-order valence-corrected chi connectivity index (χ0v) is 11.1. The largest absolute Gasteiger partial charge is 0.481 e. The Labute approximate surface area is 117 Å². The van der Waals surface area contributed by atoms with Crippen LogP contribution in [0.4, 0.5) is 5.69 Å². The van der Waals surface area contributed by atoms with E-state index in [1.807, 2.05) is 19.1 Å². The van der Waals surface area contributed by atoms with Gasteiger partial charge in [0, 0.05) is 11.3 Å². The van der Waals surface area contributed by atoms with Crippen LogP contribution in [0.1, 0.15) is 21.5 Å². The molecule has 102 valence electrons. The third kappa shape index (κ3) is 3.68. The molecule has 0 bridgehead atoms. The molecule has 1 amide bonds. The second-order valence-corrected chi connectivity index (χ2v) is 4.59. The minimum atomic E-state index is -0.874. The molecule has 0 aromatic heterocycles. The van der Waals surface area contributed by atoms with Crippen molar-refractivity contribution >= 4 is 17.6 Å². The van der Waals surface area contributed by atoms with Crippen LogP contribution in [0.15, 0.2) is 48.5 Å². The Balaban J connectivity index is 2.04. The van der Waals surface area contributed by atoms with Crippen LogP contribution in [0.5, 0.6) is 0 Å². The summed E-state index contributed by atoms with van der Waals surface area (Å²) in [5.41, 5.74) is 3.03. The van der Waals surface area contributed by atoms with Crippen molar-refractivity contribution in [3.8, 4) is 0 Å². The zero-order chi connectivity index (χ0) is 14.5. The number of carbonyl (C=O) groups excluding carboxylic acids is 1. The molecule has 0 spiro atoms. The molecule has 0 aliphatic carbocycles. The van der Waals surface area contributed by atoms with E-state index in [1.165, 1.54) is 0 Å². The Bertz CT molecular complexity index is 615. The van der Waals surface area contributed by atoms with E-state index < -0.39 is 5.97 Å². The molecule has 2 rings (SSSR count). The van der Waals surface area contributed by atoms with Crippen LogP contribution < -0.4 is 5.32 Å². The van der Waals surface area contributed by atoms with Gasteiger partial charge in [-0.15, -0.1) is 0 Å². The van der Waals surface area contributed by atoms with Gasteiger partial charge >= 0.3 is 5.97 Å². The number of amides is 1. The Morgan fingerprint density at radius 1 is 1.00 bits per heavy atom. The molecule has 0 unspecified atom stereocenters. The molecule has 0 saturated carbocycles. The van der Waals surface area contributed by atoms with Crippen molar-refractivity contribution in [2.24, 2.45) is 0 Å². The maximum Gasteiger partial charge on any atom is 0.307 e. The number of hydrogen-bond acceptors (Lipinski definition) is 2. The van der Waals surface area contributed by atoms with Crippen molar-refractivity contribution in [3.05, 3.63) is 65.2 Å². The van der Waals surface area contributed by atoms with Gasteiger partial charge < -0.3 is 10.4 Å². The van der Waals surface area contributed by atoms with Crippen molar-refractivity contribution in [2.75, 3.05) is 5.32 Å². The van der Waals surface area contributed by atoms with Crippen LogP contribution in [0.3, 0.4) is 0 Å². The van der Waals surface area contributed by atoms with Gasteiger partial charge in [-0.1, -0.05) is 29.8 Å². The highest BCUT2D eigenvalue weighted by atomic mass is 16.4. The lowest BCUT2D eigenvalue weighted by molar-refractivity contribution is -0.136. The third-order valence-corrected chi connectivity index (χ3v) is 2.88. The van der Waals surface area contributed by atoms with Gasteiger partial charge in [0.2, 0.25) is 0 Å². The van der Waals surface area contributed by atoms with E-state index in [1.54, 1.807) is 36.4 Å². The van der Waals surface area contributed by atoms with Gasteiger partial charge in [-0.3, -0.25) is 9.59 Å². The normalized spacial score (nSPS) is 10.1. The van der Waals surface area contributed by atoms with Crippen LogP contribution in [0.2, 0.25) is 0 Å². The predicted molar refractivity (Wildman–Crippen MR) is 76.9 cm³/mol. The van der Waals surface area contributed by atoms with Crippen LogP contribution in [0.25, 0.3) is 0 Å². The molecule has 2 N–H and O–H groups in total. The monoisotopic (exact) mass is 269 g/mol. The molecular formula is C16H15NO3. The topological polar surface area (TPSA) is 66.4 Å². The molecule has 4 heteroatoms. The van der Waals surface area contributed by atoms with Gasteiger partial charge in [-0.05, 0) is 36.8 Å². The summed E-state index contributed by atoms with van der Waals surface area (Å²) in [4.78, 5) is 22.6. The summed E-state index contributed by atoms with van der Waals surface area (Å²) in [6, 6.07) is 14.1. The Morgan fingerprint density at radius 3 is 2.15 bits per heavy atom. The predicted octanol–water partition coefficient (Wildman–Crippen LogP) is 2.87. The first kappa shape index (κ1) is 13.8. The SMILES string of the molecule is Cc1ccc(C(=O)Nc2ccc(CC(=O)O)cc2)cc1. The highest BCUT2D eigenvalue weighted by Crippen LogP contribution is 2.12. The summed E-state index contributed by atoms with van der Waals surface area (Å²) in [6.45, 7) is 1.96. The van der Waals surface area contributed by atoms with Gasteiger partial charge in [0.1, 0.15) is 0 Å². The van der Waals surface area contributed by atoms with Gasteiger partial charge in [0.05, 0.1) is 6.42 Å². The van der Waals surface area contributed by atoms with Gasteiger partial charge in [-0.25, -0.2) is 0 Å². The highest BCUT2D eigenvalue weighted by molar-refractivity contribution is 6.04. The minimum Gasteiger partial charge on any atom is -0.481 e. The van der Waals surface area contributed by atoms with E-state index in [0.717, 1.165) is 5.56 Å². The van der Waals surface area contributed by atoms with E-state index >= 15 is 0 Å². The first-order valence-corrected chi connectivity index (χ1v) is 6.23. The van der Waals surface area contributed by atoms with Gasteiger partial charge in [0.15, 0.2) is 0 Å². The van der Waals surface area contributed by atoms with Crippen LogP contribution in [0, 0.1) is 6.92 Å². The molecule has 0 saturated heterocycles. The average Bonchev–Trinajstić information content (AvgIpc) is 2.41. The number of nitrogens with one attached hydrogen (secondary N) is 1. The molecule has 0 aliphatic rings. The van der Waals surface area contributed by atoms with E-state index in [-0.39, 0.29) is 12.3 Å². The molecule has 0 aliphatic heterocycles. The maximum absolute atomic E-state index is 12.0. The van der Waals surface area contributed by atoms with E-state index in [0.29, 0.717) is 16.8 Å². The fraction of sp³-hybridized carbons (Fsp3) is 0.125. The van der Waals surface area contributed by atoms with Crippen molar-refractivity contribution in [2.45, 2.75) is 13.3 Å². The second-order valence-electron chi connectivity index (χ2n) is 4.59. The molecule has 0 fully saturated rings. The van der Waals surface area contributed by atoms with Crippen molar-refractivity contribution in [1.82, 2.24) is 0 Å². The van der Waals surface area contributed by atoms with Gasteiger partial charge in [-0.2, -0.15) is 0 Å². The number of carbonyl (C=O) groups is 2. The van der Waals surface area contributed by atoms with E-state index in [9.17, 15) is 9.59 Å². The molecule has 0 radical (unpaired) electrons. The zero-order valence-electron chi connectivity index (χ0n) is 11.1. The number of carboxylic acids is 1. The van der Waals surface area contributed by atoms with Gasteiger partial charge in [0.25, 0.3) is 5.91 Å². The fourth-order valence-corrected chi connectivity index (χ4v) is 1.79. The summed E-state index contributed by atoms with van der Waals surface area (Å²) in [5, 5.41) is 11.5. The molecule has 20 heavy (non-hydrogen) atoms. The van der Waals surface area contributed by atoms with E-state index in [4.69, 9.17) is 5.11 Å². The lowest BCUT2D eigenvalue weighted by Crippen LogP contribution is -2.11. The molecule has 4 nitrogen and oxygen atoms in total. The number of rotatable bonds is 4. The van der Waals surface area contributed by atoms with Crippen LogP contribution in [-0.4, -0.2) is 17.0 Å². The number of carboxylic acid groups (broad SMARTS) is 1. The minimum absolute atomic E-state index is 0.0216. The molecule has 2 aromatic carbocycles. The number of aliphatic carboxylic acids is 1. The number of benzene rings is 2. The molecule has 0 atom stereocenters. The Hall–Kier alpha value is -2.62. The fourth-order valence-electron chi connectivity index (χ4n) is 1.79. The Kier molecular flexibility index (Phi) is 4.15. The summed E-state index contributed by atoms with van der Waals surface area (Å²) in [6.07, 6.45) is -0.0216. The lowest BCUT2D eigenvalue weighted by atomic mass is 10.1. The van der Waals surface area contributed by atoms with E-state index in [2.05, 4.69) is 5.32 Å². The van der Waals surface area contributed by atoms with Crippen molar-refractivity contribution in [1.29, 1.82) is 0 Å². The Morgan fingerprint density at radius 2 is 1.60 bits per heavy atom. The second kappa shape index (κ2) is 6.02.